The Hall–Kier alpha value is -1.25. The van der Waals surface area contributed by atoms with E-state index in [1.807, 2.05) is 13.8 Å². The lowest BCUT2D eigenvalue weighted by Crippen LogP contribution is -2.39. The van der Waals surface area contributed by atoms with E-state index in [0.29, 0.717) is 17.9 Å². The highest BCUT2D eigenvalue weighted by atomic mass is 19.1. The zero-order valence-corrected chi connectivity index (χ0v) is 11.7. The van der Waals surface area contributed by atoms with Gasteiger partial charge in [-0.25, -0.2) is 8.78 Å². The first-order valence-electron chi connectivity index (χ1n) is 6.80. The van der Waals surface area contributed by atoms with Crippen molar-refractivity contribution in [2.24, 2.45) is 11.8 Å². The quantitative estimate of drug-likeness (QED) is 0.782. The zero-order chi connectivity index (χ0) is 14.2. The molecular weight excluding hydrogens is 246 g/mol. The van der Waals surface area contributed by atoms with Crippen LogP contribution in [0.5, 0.6) is 0 Å². The third-order valence-corrected chi connectivity index (χ3v) is 4.38. The largest absolute Gasteiger partial charge is 0.299 e. The lowest BCUT2D eigenvalue weighted by molar-refractivity contribution is -0.128. The molecule has 2 rings (SSSR count). The van der Waals surface area contributed by atoms with Gasteiger partial charge in [-0.15, -0.1) is 0 Å². The first-order chi connectivity index (χ1) is 8.82. The molecule has 0 spiro atoms. The average molecular weight is 266 g/mol. The molecule has 1 aliphatic carbocycles. The fraction of sp³-hybridized carbons (Fsp3) is 0.562. The van der Waals surface area contributed by atoms with Crippen LogP contribution in [-0.4, -0.2) is 5.78 Å². The lowest BCUT2D eigenvalue weighted by Gasteiger charge is -2.38. The summed E-state index contributed by atoms with van der Waals surface area (Å²) in [6.07, 6.45) is 2.34. The van der Waals surface area contributed by atoms with E-state index in [1.165, 1.54) is 12.1 Å². The molecule has 2 unspecified atom stereocenters. The molecule has 1 aliphatic rings. The fourth-order valence-corrected chi connectivity index (χ4v) is 3.16. The highest BCUT2D eigenvalue weighted by Crippen LogP contribution is 2.41. The second-order valence-corrected chi connectivity index (χ2v) is 6.25. The van der Waals surface area contributed by atoms with Crippen LogP contribution in [0.25, 0.3) is 0 Å². The molecule has 3 heteroatoms. The molecule has 1 fully saturated rings. The Morgan fingerprint density at radius 2 is 1.89 bits per heavy atom. The van der Waals surface area contributed by atoms with E-state index in [9.17, 15) is 13.6 Å². The van der Waals surface area contributed by atoms with Gasteiger partial charge in [0, 0.05) is 23.8 Å². The topological polar surface area (TPSA) is 17.1 Å². The van der Waals surface area contributed by atoms with Gasteiger partial charge in [0.05, 0.1) is 0 Å². The predicted molar refractivity (Wildman–Crippen MR) is 70.9 cm³/mol. The monoisotopic (exact) mass is 266 g/mol. The van der Waals surface area contributed by atoms with Gasteiger partial charge < -0.3 is 0 Å². The maximum Gasteiger partial charge on any atom is 0.137 e. The van der Waals surface area contributed by atoms with E-state index in [-0.39, 0.29) is 11.7 Å². The van der Waals surface area contributed by atoms with E-state index < -0.39 is 17.0 Å². The summed E-state index contributed by atoms with van der Waals surface area (Å²) in [5, 5.41) is 0. The average Bonchev–Trinajstić information content (AvgIpc) is 2.27. The molecule has 19 heavy (non-hydrogen) atoms. The van der Waals surface area contributed by atoms with Gasteiger partial charge in [-0.2, -0.15) is 0 Å². The Kier molecular flexibility index (Phi) is 3.75. The van der Waals surface area contributed by atoms with Crippen LogP contribution in [0.15, 0.2) is 18.2 Å². The molecule has 0 bridgehead atoms. The first kappa shape index (κ1) is 14.2. The van der Waals surface area contributed by atoms with E-state index in [0.717, 1.165) is 18.9 Å². The zero-order valence-electron chi connectivity index (χ0n) is 11.7. The smallest absolute Gasteiger partial charge is 0.137 e. The van der Waals surface area contributed by atoms with Crippen LogP contribution in [0.2, 0.25) is 0 Å². The molecule has 1 aromatic carbocycles. The molecule has 1 nitrogen and oxygen atoms in total. The summed E-state index contributed by atoms with van der Waals surface area (Å²) in [6.45, 7) is 5.82. The third-order valence-electron chi connectivity index (χ3n) is 4.38. The van der Waals surface area contributed by atoms with Crippen LogP contribution in [-0.2, 0) is 10.2 Å². The van der Waals surface area contributed by atoms with Crippen LogP contribution >= 0.6 is 0 Å². The second kappa shape index (κ2) is 5.03. The van der Waals surface area contributed by atoms with Gasteiger partial charge in [0.1, 0.15) is 17.4 Å². The normalized spacial score (nSPS) is 24.6. The second-order valence-electron chi connectivity index (χ2n) is 6.25. The summed E-state index contributed by atoms with van der Waals surface area (Å²) in [6, 6.07) is 3.62. The lowest BCUT2D eigenvalue weighted by atomic mass is 9.65. The van der Waals surface area contributed by atoms with Crippen molar-refractivity contribution < 1.29 is 13.6 Å². The Labute approximate surface area is 113 Å². The van der Waals surface area contributed by atoms with Gasteiger partial charge in [-0.1, -0.05) is 26.8 Å². The molecule has 1 saturated carbocycles. The number of ketones is 1. The van der Waals surface area contributed by atoms with Crippen molar-refractivity contribution in [1.29, 1.82) is 0 Å². The summed E-state index contributed by atoms with van der Waals surface area (Å²) in [7, 11) is 0. The maximum atomic E-state index is 14.0. The molecule has 0 saturated heterocycles. The molecule has 0 amide bonds. The summed E-state index contributed by atoms with van der Waals surface area (Å²) in [4.78, 5) is 12.2. The van der Waals surface area contributed by atoms with E-state index in [4.69, 9.17) is 0 Å². The molecule has 104 valence electrons. The van der Waals surface area contributed by atoms with Crippen LogP contribution < -0.4 is 0 Å². The Morgan fingerprint density at radius 3 is 2.47 bits per heavy atom. The van der Waals surface area contributed by atoms with Gasteiger partial charge in [0.15, 0.2) is 0 Å². The van der Waals surface area contributed by atoms with E-state index in [2.05, 4.69) is 6.92 Å². The Bertz CT molecular complexity index is 494. The summed E-state index contributed by atoms with van der Waals surface area (Å²) in [5.41, 5.74) is -0.156. The number of Topliss-reactive ketones (excluding diaryl/α,β-unsaturated/α-hetero) is 1. The van der Waals surface area contributed by atoms with Crippen molar-refractivity contribution in [3.63, 3.8) is 0 Å². The van der Waals surface area contributed by atoms with Crippen molar-refractivity contribution in [3.05, 3.63) is 35.4 Å². The molecule has 0 radical (unpaired) electrons. The SMILES string of the molecule is CC1CCC(C(C)(C)c2ccc(F)cc2F)C(=O)C1. The van der Waals surface area contributed by atoms with Crippen molar-refractivity contribution >= 4 is 5.78 Å². The minimum Gasteiger partial charge on any atom is -0.299 e. The van der Waals surface area contributed by atoms with Crippen LogP contribution in [0.4, 0.5) is 8.78 Å². The summed E-state index contributed by atoms with van der Waals surface area (Å²) in [5.74, 6) is -0.703. The molecule has 2 atom stereocenters. The number of hydrogen-bond donors (Lipinski definition) is 0. The third kappa shape index (κ3) is 2.70. The minimum absolute atomic E-state index is 0.177. The maximum absolute atomic E-state index is 14.0. The number of benzene rings is 1. The summed E-state index contributed by atoms with van der Waals surface area (Å²) < 4.78 is 27.0. The van der Waals surface area contributed by atoms with E-state index >= 15 is 0 Å². The number of carbonyl (C=O) groups excluding carboxylic acids is 1. The van der Waals surface area contributed by atoms with Gasteiger partial charge in [0.2, 0.25) is 0 Å². The molecule has 0 heterocycles. The fourth-order valence-electron chi connectivity index (χ4n) is 3.16. The predicted octanol–water partition coefficient (Wildman–Crippen LogP) is 4.25. The molecule has 0 aliphatic heterocycles. The number of rotatable bonds is 2. The highest BCUT2D eigenvalue weighted by Gasteiger charge is 2.40. The highest BCUT2D eigenvalue weighted by molar-refractivity contribution is 5.83. The van der Waals surface area contributed by atoms with Gasteiger partial charge in [0.25, 0.3) is 0 Å². The van der Waals surface area contributed by atoms with Crippen molar-refractivity contribution in [1.82, 2.24) is 0 Å². The van der Waals surface area contributed by atoms with Crippen molar-refractivity contribution in [3.8, 4) is 0 Å². The Morgan fingerprint density at radius 1 is 1.21 bits per heavy atom. The summed E-state index contributed by atoms with van der Waals surface area (Å²) >= 11 is 0. The van der Waals surface area contributed by atoms with Crippen LogP contribution in [0.3, 0.4) is 0 Å². The molecule has 0 aromatic heterocycles. The molecule has 0 N–H and O–H groups in total. The van der Waals surface area contributed by atoms with E-state index in [1.54, 1.807) is 0 Å². The van der Waals surface area contributed by atoms with Crippen molar-refractivity contribution in [2.45, 2.75) is 45.4 Å². The number of carbonyl (C=O) groups is 1. The standard InChI is InChI=1S/C16H20F2O/c1-10-4-6-13(15(19)8-10)16(2,3)12-7-5-11(17)9-14(12)18/h5,7,9-10,13H,4,6,8H2,1-3H3. The van der Waals surface area contributed by atoms with Crippen LogP contribution in [0.1, 0.15) is 45.6 Å². The minimum atomic E-state index is -0.588. The molecule has 1 aromatic rings. The Balaban J connectivity index is 2.33. The number of halogens is 2. The molecular formula is C16H20F2O. The van der Waals surface area contributed by atoms with Gasteiger partial charge in [-0.3, -0.25) is 4.79 Å². The van der Waals surface area contributed by atoms with Gasteiger partial charge in [-0.05, 0) is 30.4 Å². The van der Waals surface area contributed by atoms with Gasteiger partial charge >= 0.3 is 0 Å². The first-order valence-corrected chi connectivity index (χ1v) is 6.80. The number of hydrogen-bond acceptors (Lipinski definition) is 1. The van der Waals surface area contributed by atoms with Crippen LogP contribution in [0, 0.1) is 23.5 Å². The van der Waals surface area contributed by atoms with Crippen molar-refractivity contribution in [2.75, 3.05) is 0 Å².